The number of aliphatic hydroxyl groups excluding tert-OH is 1. The molecule has 0 saturated heterocycles. The first-order chi connectivity index (χ1) is 6.38. The molecule has 0 heterocycles. The zero-order chi connectivity index (χ0) is 10.9. The molecule has 0 aromatic heterocycles. The van der Waals surface area contributed by atoms with Crippen molar-refractivity contribution >= 4 is 5.91 Å². The number of amides is 1. The topological polar surface area (TPSA) is 49.3 Å². The Labute approximate surface area is 85.9 Å². The fourth-order valence-electron chi connectivity index (χ4n) is 1.54. The predicted molar refractivity (Wildman–Crippen MR) is 55.7 cm³/mol. The minimum absolute atomic E-state index is 0.0592. The van der Waals surface area contributed by atoms with Crippen molar-refractivity contribution in [3.05, 3.63) is 0 Å². The van der Waals surface area contributed by atoms with Crippen LogP contribution in [0, 0.1) is 17.3 Å². The van der Waals surface area contributed by atoms with Crippen molar-refractivity contribution in [3.63, 3.8) is 0 Å². The number of rotatable bonds is 4. The molecule has 1 amide bonds. The van der Waals surface area contributed by atoms with Crippen LogP contribution in [0.4, 0.5) is 0 Å². The van der Waals surface area contributed by atoms with Gasteiger partial charge in [-0.25, -0.2) is 0 Å². The standard InChI is InChI=1S/C11H21NO2/c1-7(6-13)8(2)12-10(14)9-5-11(9,3)4/h7-9,13H,5-6H2,1-4H3,(H,12,14). The number of carbonyl (C=O) groups is 1. The third-order valence-corrected chi connectivity index (χ3v) is 3.34. The second-order valence-corrected chi connectivity index (χ2v) is 5.20. The largest absolute Gasteiger partial charge is 0.396 e. The van der Waals surface area contributed by atoms with E-state index in [4.69, 9.17) is 5.11 Å². The maximum Gasteiger partial charge on any atom is 0.223 e. The maximum atomic E-state index is 11.7. The Bertz CT molecular complexity index is 225. The number of carbonyl (C=O) groups excluding carboxylic acids is 1. The van der Waals surface area contributed by atoms with Crippen LogP contribution in [0.1, 0.15) is 34.1 Å². The summed E-state index contributed by atoms with van der Waals surface area (Å²) in [5.74, 6) is 0.444. The van der Waals surface area contributed by atoms with Gasteiger partial charge in [0.1, 0.15) is 0 Å². The lowest BCUT2D eigenvalue weighted by Crippen LogP contribution is -2.39. The summed E-state index contributed by atoms with van der Waals surface area (Å²) >= 11 is 0. The molecule has 0 aliphatic heterocycles. The van der Waals surface area contributed by atoms with Gasteiger partial charge < -0.3 is 10.4 Å². The minimum atomic E-state index is 0.0592. The van der Waals surface area contributed by atoms with Gasteiger partial charge in [0.2, 0.25) is 5.91 Å². The lowest BCUT2D eigenvalue weighted by molar-refractivity contribution is -0.124. The van der Waals surface area contributed by atoms with Gasteiger partial charge in [-0.1, -0.05) is 20.8 Å². The average molecular weight is 199 g/mol. The maximum absolute atomic E-state index is 11.7. The highest BCUT2D eigenvalue weighted by Crippen LogP contribution is 2.51. The Hall–Kier alpha value is -0.570. The van der Waals surface area contributed by atoms with Crippen LogP contribution in [0.5, 0.6) is 0 Å². The van der Waals surface area contributed by atoms with Crippen molar-refractivity contribution in [2.75, 3.05) is 6.61 Å². The van der Waals surface area contributed by atoms with Gasteiger partial charge >= 0.3 is 0 Å². The number of hydrogen-bond donors (Lipinski definition) is 2. The van der Waals surface area contributed by atoms with Gasteiger partial charge in [-0.05, 0) is 24.7 Å². The van der Waals surface area contributed by atoms with Gasteiger partial charge in [0.25, 0.3) is 0 Å². The molecule has 2 N–H and O–H groups in total. The van der Waals surface area contributed by atoms with Gasteiger partial charge in [-0.15, -0.1) is 0 Å². The van der Waals surface area contributed by atoms with Crippen molar-refractivity contribution in [1.29, 1.82) is 0 Å². The zero-order valence-corrected chi connectivity index (χ0v) is 9.50. The molecule has 1 aliphatic rings. The highest BCUT2D eigenvalue weighted by Gasteiger charge is 2.50. The molecule has 0 aromatic carbocycles. The monoisotopic (exact) mass is 199 g/mol. The molecule has 1 aliphatic carbocycles. The molecule has 0 radical (unpaired) electrons. The molecule has 3 unspecified atom stereocenters. The summed E-state index contributed by atoms with van der Waals surface area (Å²) in [6, 6.07) is 0.0592. The van der Waals surface area contributed by atoms with Crippen LogP contribution in [0.15, 0.2) is 0 Å². The Kier molecular flexibility index (Phi) is 3.20. The van der Waals surface area contributed by atoms with E-state index < -0.39 is 0 Å². The van der Waals surface area contributed by atoms with Gasteiger partial charge in [0.05, 0.1) is 0 Å². The highest BCUT2D eigenvalue weighted by atomic mass is 16.3. The van der Waals surface area contributed by atoms with Gasteiger partial charge in [-0.3, -0.25) is 4.79 Å². The van der Waals surface area contributed by atoms with E-state index in [1.807, 2.05) is 13.8 Å². The van der Waals surface area contributed by atoms with E-state index in [9.17, 15) is 4.79 Å². The smallest absolute Gasteiger partial charge is 0.223 e. The van der Waals surface area contributed by atoms with Gasteiger partial charge in [0, 0.05) is 18.6 Å². The van der Waals surface area contributed by atoms with E-state index in [1.54, 1.807) is 0 Å². The van der Waals surface area contributed by atoms with E-state index in [-0.39, 0.29) is 35.8 Å². The molecule has 0 aromatic rings. The molecular formula is C11H21NO2. The highest BCUT2D eigenvalue weighted by molar-refractivity contribution is 5.82. The molecule has 0 bridgehead atoms. The van der Waals surface area contributed by atoms with Crippen molar-refractivity contribution in [2.24, 2.45) is 17.3 Å². The fraction of sp³-hybridized carbons (Fsp3) is 0.909. The lowest BCUT2D eigenvalue weighted by Gasteiger charge is -2.19. The fourth-order valence-corrected chi connectivity index (χ4v) is 1.54. The average Bonchev–Trinajstić information content (AvgIpc) is 2.73. The molecule has 3 atom stereocenters. The van der Waals surface area contributed by atoms with Crippen LogP contribution in [0.3, 0.4) is 0 Å². The van der Waals surface area contributed by atoms with Crippen molar-refractivity contribution in [1.82, 2.24) is 5.32 Å². The molecule has 1 saturated carbocycles. The quantitative estimate of drug-likeness (QED) is 0.714. The van der Waals surface area contributed by atoms with E-state index in [2.05, 4.69) is 19.2 Å². The Morgan fingerprint density at radius 2 is 2.07 bits per heavy atom. The molecule has 82 valence electrons. The first-order valence-corrected chi connectivity index (χ1v) is 5.29. The zero-order valence-electron chi connectivity index (χ0n) is 9.50. The van der Waals surface area contributed by atoms with Crippen molar-refractivity contribution in [3.8, 4) is 0 Å². The van der Waals surface area contributed by atoms with Gasteiger partial charge in [-0.2, -0.15) is 0 Å². The summed E-state index contributed by atoms with van der Waals surface area (Å²) < 4.78 is 0. The van der Waals surface area contributed by atoms with Crippen LogP contribution >= 0.6 is 0 Å². The van der Waals surface area contributed by atoms with Crippen molar-refractivity contribution < 1.29 is 9.90 Å². The second kappa shape index (κ2) is 3.89. The van der Waals surface area contributed by atoms with Crippen LogP contribution in [-0.2, 0) is 4.79 Å². The Balaban J connectivity index is 2.35. The lowest BCUT2D eigenvalue weighted by atomic mass is 10.0. The third kappa shape index (κ3) is 2.47. The molecular weight excluding hydrogens is 178 g/mol. The van der Waals surface area contributed by atoms with Crippen molar-refractivity contribution in [2.45, 2.75) is 40.2 Å². The molecule has 0 spiro atoms. The summed E-state index contributed by atoms with van der Waals surface area (Å²) in [4.78, 5) is 11.7. The molecule has 3 heteroatoms. The summed E-state index contributed by atoms with van der Waals surface area (Å²) in [6.45, 7) is 8.21. The third-order valence-electron chi connectivity index (χ3n) is 3.34. The predicted octanol–water partition coefficient (Wildman–Crippen LogP) is 1.17. The Morgan fingerprint density at radius 3 is 2.43 bits per heavy atom. The molecule has 1 fully saturated rings. The van der Waals surface area contributed by atoms with Crippen LogP contribution in [0.25, 0.3) is 0 Å². The van der Waals surface area contributed by atoms with E-state index in [1.165, 1.54) is 0 Å². The van der Waals surface area contributed by atoms with E-state index in [0.717, 1.165) is 6.42 Å². The van der Waals surface area contributed by atoms with Crippen LogP contribution < -0.4 is 5.32 Å². The SMILES string of the molecule is CC(CO)C(C)NC(=O)C1CC1(C)C. The van der Waals surface area contributed by atoms with E-state index in [0.29, 0.717) is 0 Å². The minimum Gasteiger partial charge on any atom is -0.396 e. The summed E-state index contributed by atoms with van der Waals surface area (Å²) in [5, 5.41) is 11.9. The summed E-state index contributed by atoms with van der Waals surface area (Å²) in [6.07, 6.45) is 0.985. The van der Waals surface area contributed by atoms with Crippen LogP contribution in [-0.4, -0.2) is 23.7 Å². The molecule has 1 rings (SSSR count). The first-order valence-electron chi connectivity index (χ1n) is 5.29. The summed E-state index contributed by atoms with van der Waals surface area (Å²) in [7, 11) is 0. The van der Waals surface area contributed by atoms with E-state index >= 15 is 0 Å². The Morgan fingerprint density at radius 1 is 1.57 bits per heavy atom. The second-order valence-electron chi connectivity index (χ2n) is 5.20. The number of hydrogen-bond acceptors (Lipinski definition) is 2. The number of aliphatic hydroxyl groups is 1. The normalized spacial score (nSPS) is 27.9. The molecule has 14 heavy (non-hydrogen) atoms. The van der Waals surface area contributed by atoms with Crippen LogP contribution in [0.2, 0.25) is 0 Å². The molecule has 3 nitrogen and oxygen atoms in total. The summed E-state index contributed by atoms with van der Waals surface area (Å²) in [5.41, 5.74) is 0.187. The number of nitrogens with one attached hydrogen (secondary N) is 1. The first kappa shape index (κ1) is 11.5. The van der Waals surface area contributed by atoms with Gasteiger partial charge in [0.15, 0.2) is 0 Å².